The van der Waals surface area contributed by atoms with Gasteiger partial charge in [-0.1, -0.05) is 0 Å². The summed E-state index contributed by atoms with van der Waals surface area (Å²) in [5, 5.41) is 12.1. The van der Waals surface area contributed by atoms with E-state index in [1.165, 1.54) is 5.01 Å². The van der Waals surface area contributed by atoms with Crippen molar-refractivity contribution in [1.29, 1.82) is 0 Å². The Labute approximate surface area is 85.4 Å². The molecule has 1 heterocycles. The second-order valence-corrected chi connectivity index (χ2v) is 2.84. The number of nitro groups is 1. The minimum Gasteiger partial charge on any atom is -0.298 e. The van der Waals surface area contributed by atoms with Gasteiger partial charge in [-0.15, -0.1) is 0 Å². The Morgan fingerprint density at radius 1 is 1.60 bits per heavy atom. The summed E-state index contributed by atoms with van der Waals surface area (Å²) in [6.45, 7) is 0. The summed E-state index contributed by atoms with van der Waals surface area (Å²) in [6, 6.07) is 0. The number of aromatic nitrogens is 2. The largest absolute Gasteiger partial charge is 0.330 e. The molecule has 82 valence electrons. The first-order chi connectivity index (χ1) is 7.04. The normalized spacial score (nSPS) is 10.1. The predicted molar refractivity (Wildman–Crippen MR) is 53.8 cm³/mol. The van der Waals surface area contributed by atoms with Gasteiger partial charge in [0.15, 0.2) is 0 Å². The van der Waals surface area contributed by atoms with Gasteiger partial charge in [0.25, 0.3) is 0 Å². The van der Waals surface area contributed by atoms with Crippen molar-refractivity contribution >= 4 is 17.5 Å². The molecule has 0 aliphatic rings. The molecule has 0 aliphatic heterocycles. The first-order valence-electron chi connectivity index (χ1n) is 3.96. The zero-order chi connectivity index (χ0) is 11.4. The third-order valence-corrected chi connectivity index (χ3v) is 1.42. The molecule has 1 rings (SSSR count). The fourth-order valence-electron chi connectivity index (χ4n) is 0.873. The Kier molecular flexibility index (Phi) is 3.31. The lowest BCUT2D eigenvalue weighted by atomic mass is 10.5. The number of nitrogens with zero attached hydrogens (tertiary/aromatic N) is 4. The van der Waals surface area contributed by atoms with Gasteiger partial charge in [-0.2, -0.15) is 4.98 Å². The fraction of sp³-hybridized carbons (Fsp3) is 0.333. The van der Waals surface area contributed by atoms with Gasteiger partial charge in [-0.05, 0) is 0 Å². The average Bonchev–Trinajstić information content (AvgIpc) is 2.16. The number of hydrogen-bond acceptors (Lipinski definition) is 8. The number of anilines is 2. The van der Waals surface area contributed by atoms with Gasteiger partial charge in [0.2, 0.25) is 11.8 Å². The molecular formula is C6H11N7O2. The summed E-state index contributed by atoms with van der Waals surface area (Å²) < 4.78 is 0. The van der Waals surface area contributed by atoms with Crippen LogP contribution in [0.15, 0.2) is 6.20 Å². The van der Waals surface area contributed by atoms with E-state index in [9.17, 15) is 10.1 Å². The quantitative estimate of drug-likeness (QED) is 0.349. The second kappa shape index (κ2) is 4.48. The maximum atomic E-state index is 10.6. The molecule has 9 heteroatoms. The standard InChI is InChI=1S/C6H11N7O2/c1-12(2)11-5-4(13(14)15)3-8-6(9-5)10-7/h3H,7H2,1-2H3,(H2,8,9,10,11). The first kappa shape index (κ1) is 11.1. The topological polar surface area (TPSA) is 122 Å². The van der Waals surface area contributed by atoms with Gasteiger partial charge < -0.3 is 0 Å². The third-order valence-electron chi connectivity index (χ3n) is 1.42. The highest BCUT2D eigenvalue weighted by molar-refractivity contribution is 5.56. The van der Waals surface area contributed by atoms with E-state index in [4.69, 9.17) is 5.84 Å². The lowest BCUT2D eigenvalue weighted by molar-refractivity contribution is -0.384. The van der Waals surface area contributed by atoms with Crippen molar-refractivity contribution in [2.45, 2.75) is 0 Å². The van der Waals surface area contributed by atoms with E-state index in [2.05, 4.69) is 20.8 Å². The second-order valence-electron chi connectivity index (χ2n) is 2.84. The van der Waals surface area contributed by atoms with Gasteiger partial charge in [-0.3, -0.25) is 21.0 Å². The molecule has 0 unspecified atom stereocenters. The van der Waals surface area contributed by atoms with E-state index in [1.807, 2.05) is 0 Å². The molecule has 1 aromatic rings. The van der Waals surface area contributed by atoms with Crippen molar-refractivity contribution in [2.75, 3.05) is 24.9 Å². The summed E-state index contributed by atoms with van der Waals surface area (Å²) in [5.74, 6) is 5.27. The van der Waals surface area contributed by atoms with E-state index in [-0.39, 0.29) is 17.5 Å². The molecule has 0 aliphatic carbocycles. The number of nitrogens with one attached hydrogen (secondary N) is 2. The Hall–Kier alpha value is -2.00. The van der Waals surface area contributed by atoms with E-state index < -0.39 is 4.92 Å². The molecule has 15 heavy (non-hydrogen) atoms. The molecule has 0 amide bonds. The van der Waals surface area contributed by atoms with Crippen molar-refractivity contribution in [2.24, 2.45) is 5.84 Å². The monoisotopic (exact) mass is 213 g/mol. The molecule has 0 saturated carbocycles. The minimum absolute atomic E-state index is 0.0768. The Morgan fingerprint density at radius 2 is 2.27 bits per heavy atom. The van der Waals surface area contributed by atoms with Crippen LogP contribution < -0.4 is 16.7 Å². The van der Waals surface area contributed by atoms with Gasteiger partial charge in [0.05, 0.1) is 4.92 Å². The lowest BCUT2D eigenvalue weighted by Crippen LogP contribution is -2.22. The first-order valence-corrected chi connectivity index (χ1v) is 3.96. The number of hydrazine groups is 2. The van der Waals surface area contributed by atoms with E-state index in [1.54, 1.807) is 14.1 Å². The average molecular weight is 213 g/mol. The van der Waals surface area contributed by atoms with Crippen LogP contribution in [-0.4, -0.2) is 34.0 Å². The molecule has 0 fully saturated rings. The van der Waals surface area contributed by atoms with Crippen LogP contribution in [0.5, 0.6) is 0 Å². The molecule has 9 nitrogen and oxygen atoms in total. The van der Waals surface area contributed by atoms with Crippen molar-refractivity contribution in [3.63, 3.8) is 0 Å². The molecule has 0 saturated heterocycles. The summed E-state index contributed by atoms with van der Waals surface area (Å²) >= 11 is 0. The van der Waals surface area contributed by atoms with Crippen LogP contribution in [0, 0.1) is 10.1 Å². The minimum atomic E-state index is -0.577. The summed E-state index contributed by atoms with van der Waals surface area (Å²) in [7, 11) is 3.36. The van der Waals surface area contributed by atoms with Crippen LogP contribution in [-0.2, 0) is 0 Å². The van der Waals surface area contributed by atoms with Crippen LogP contribution in [0.1, 0.15) is 0 Å². The van der Waals surface area contributed by atoms with E-state index >= 15 is 0 Å². The smallest absolute Gasteiger partial charge is 0.298 e. The zero-order valence-corrected chi connectivity index (χ0v) is 8.26. The molecule has 0 bridgehead atoms. The van der Waals surface area contributed by atoms with E-state index in [0.29, 0.717) is 0 Å². The Morgan fingerprint density at radius 3 is 2.73 bits per heavy atom. The van der Waals surface area contributed by atoms with Crippen LogP contribution in [0.3, 0.4) is 0 Å². The predicted octanol–water partition coefficient (Wildman–Crippen LogP) is -0.441. The van der Waals surface area contributed by atoms with Crippen LogP contribution in [0.4, 0.5) is 17.5 Å². The van der Waals surface area contributed by atoms with Crippen molar-refractivity contribution in [3.05, 3.63) is 16.3 Å². The number of hydrogen-bond donors (Lipinski definition) is 3. The zero-order valence-electron chi connectivity index (χ0n) is 8.26. The fourth-order valence-corrected chi connectivity index (χ4v) is 0.873. The highest BCUT2D eigenvalue weighted by atomic mass is 16.6. The maximum Gasteiger partial charge on any atom is 0.330 e. The lowest BCUT2D eigenvalue weighted by Gasteiger charge is -2.12. The Bertz CT molecular complexity index is 366. The number of nitrogens with two attached hydrogens (primary N) is 1. The molecule has 0 aromatic carbocycles. The summed E-state index contributed by atoms with van der Waals surface area (Å²) in [6.07, 6.45) is 1.08. The molecule has 0 spiro atoms. The number of nitrogen functional groups attached to an aromatic ring is 1. The van der Waals surface area contributed by atoms with Crippen molar-refractivity contribution in [3.8, 4) is 0 Å². The van der Waals surface area contributed by atoms with Crippen LogP contribution in [0.25, 0.3) is 0 Å². The highest BCUT2D eigenvalue weighted by Gasteiger charge is 2.17. The third kappa shape index (κ3) is 2.72. The van der Waals surface area contributed by atoms with Gasteiger partial charge in [-0.25, -0.2) is 15.8 Å². The van der Waals surface area contributed by atoms with Crippen LogP contribution >= 0.6 is 0 Å². The van der Waals surface area contributed by atoms with Gasteiger partial charge in [0.1, 0.15) is 6.20 Å². The van der Waals surface area contributed by atoms with Gasteiger partial charge >= 0.3 is 5.69 Å². The van der Waals surface area contributed by atoms with Gasteiger partial charge in [0, 0.05) is 14.1 Å². The maximum absolute atomic E-state index is 10.6. The Balaban J connectivity index is 3.10. The molecule has 1 aromatic heterocycles. The SMILES string of the molecule is CN(C)Nc1nc(NN)ncc1[N+](=O)[O-]. The van der Waals surface area contributed by atoms with Crippen LogP contribution in [0.2, 0.25) is 0 Å². The van der Waals surface area contributed by atoms with Crippen molar-refractivity contribution < 1.29 is 4.92 Å². The molecule has 4 N–H and O–H groups in total. The van der Waals surface area contributed by atoms with Crippen molar-refractivity contribution in [1.82, 2.24) is 15.0 Å². The summed E-state index contributed by atoms with van der Waals surface area (Å²) in [4.78, 5) is 17.5. The molecule has 0 radical (unpaired) electrons. The molecule has 0 atom stereocenters. The number of rotatable bonds is 4. The highest BCUT2D eigenvalue weighted by Crippen LogP contribution is 2.21. The van der Waals surface area contributed by atoms with E-state index in [0.717, 1.165) is 6.20 Å². The molecular weight excluding hydrogens is 202 g/mol. The summed E-state index contributed by atoms with van der Waals surface area (Å²) in [5.41, 5.74) is 4.66.